The predicted molar refractivity (Wildman–Crippen MR) is 62.1 cm³/mol. The van der Waals surface area contributed by atoms with E-state index < -0.39 is 0 Å². The van der Waals surface area contributed by atoms with Gasteiger partial charge in [-0.3, -0.25) is 0 Å². The molecule has 0 saturated carbocycles. The molecule has 1 saturated heterocycles. The maximum Gasteiger partial charge on any atom is 0.138 e. The van der Waals surface area contributed by atoms with Gasteiger partial charge in [0.1, 0.15) is 10.5 Å². The topological polar surface area (TPSA) is 12.5 Å². The maximum absolute atomic E-state index is 5.72. The van der Waals surface area contributed by atoms with Gasteiger partial charge in [-0.1, -0.05) is 37.8 Å². The highest BCUT2D eigenvalue weighted by molar-refractivity contribution is 8.23. The Morgan fingerprint density at radius 3 is 2.85 bits per heavy atom. The summed E-state index contributed by atoms with van der Waals surface area (Å²) < 4.78 is 6.72. The van der Waals surface area contributed by atoms with E-state index in [2.05, 4.69) is 18.7 Å². The minimum Gasteiger partial charge on any atom is -0.358 e. The van der Waals surface area contributed by atoms with Crippen LogP contribution in [0.1, 0.15) is 26.7 Å². The summed E-state index contributed by atoms with van der Waals surface area (Å²) in [5, 5.41) is 0. The van der Waals surface area contributed by atoms with E-state index in [1.807, 2.05) is 0 Å². The fraction of sp³-hybridized carbons (Fsp3) is 0.889. The SMILES string of the molecule is CCCOC(CC)N1CCSC1=S. The van der Waals surface area contributed by atoms with Crippen LogP contribution in [0.5, 0.6) is 0 Å². The first kappa shape index (κ1) is 11.3. The Hall–Kier alpha value is 0.200. The number of nitrogens with zero attached hydrogens (tertiary/aromatic N) is 1. The van der Waals surface area contributed by atoms with Crippen LogP contribution < -0.4 is 0 Å². The second-order valence-electron chi connectivity index (χ2n) is 3.04. The van der Waals surface area contributed by atoms with E-state index in [1.165, 1.54) is 0 Å². The van der Waals surface area contributed by atoms with Crippen molar-refractivity contribution in [1.82, 2.24) is 4.90 Å². The first-order valence-corrected chi connectivity index (χ1v) is 6.24. The van der Waals surface area contributed by atoms with Crippen LogP contribution in [0.25, 0.3) is 0 Å². The third kappa shape index (κ3) is 3.11. The molecule has 1 atom stereocenters. The molecule has 1 fully saturated rings. The molecule has 0 spiro atoms. The van der Waals surface area contributed by atoms with Gasteiger partial charge in [0.2, 0.25) is 0 Å². The van der Waals surface area contributed by atoms with Crippen LogP contribution in [0.4, 0.5) is 0 Å². The summed E-state index contributed by atoms with van der Waals surface area (Å²) in [4.78, 5) is 2.20. The summed E-state index contributed by atoms with van der Waals surface area (Å²) in [6.45, 7) is 6.16. The molecule has 0 aromatic heterocycles. The standard InChI is InChI=1S/C9H17NOS2/c1-3-6-11-8(4-2)10-5-7-13-9(10)12/h8H,3-7H2,1-2H3. The van der Waals surface area contributed by atoms with E-state index in [9.17, 15) is 0 Å². The van der Waals surface area contributed by atoms with E-state index >= 15 is 0 Å². The van der Waals surface area contributed by atoms with Gasteiger partial charge < -0.3 is 9.64 Å². The molecule has 1 rings (SSSR count). The molecule has 0 aromatic rings. The summed E-state index contributed by atoms with van der Waals surface area (Å²) in [6.07, 6.45) is 2.30. The Balaban J connectivity index is 2.40. The molecule has 1 aliphatic heterocycles. The molecule has 1 unspecified atom stereocenters. The lowest BCUT2D eigenvalue weighted by Gasteiger charge is -2.27. The van der Waals surface area contributed by atoms with Crippen molar-refractivity contribution in [2.45, 2.75) is 32.9 Å². The summed E-state index contributed by atoms with van der Waals surface area (Å²) >= 11 is 7.00. The first-order valence-electron chi connectivity index (χ1n) is 4.84. The van der Waals surface area contributed by atoms with Crippen molar-refractivity contribution >= 4 is 28.3 Å². The van der Waals surface area contributed by atoms with Gasteiger partial charge in [-0.25, -0.2) is 0 Å². The van der Waals surface area contributed by atoms with Crippen LogP contribution in [0.2, 0.25) is 0 Å². The zero-order valence-electron chi connectivity index (χ0n) is 8.28. The number of thiocarbonyl (C=S) groups is 1. The number of hydrogen-bond acceptors (Lipinski definition) is 3. The highest BCUT2D eigenvalue weighted by atomic mass is 32.2. The van der Waals surface area contributed by atoms with E-state index in [1.54, 1.807) is 11.8 Å². The Morgan fingerprint density at radius 1 is 1.62 bits per heavy atom. The molecule has 13 heavy (non-hydrogen) atoms. The third-order valence-corrected chi connectivity index (χ3v) is 3.46. The minimum absolute atomic E-state index is 0.211. The molecule has 0 N–H and O–H groups in total. The summed E-state index contributed by atoms with van der Waals surface area (Å²) in [5.41, 5.74) is 0. The third-order valence-electron chi connectivity index (χ3n) is 2.00. The van der Waals surface area contributed by atoms with E-state index in [0.717, 1.165) is 36.1 Å². The fourth-order valence-electron chi connectivity index (χ4n) is 1.35. The minimum atomic E-state index is 0.211. The van der Waals surface area contributed by atoms with Crippen LogP contribution in [-0.2, 0) is 4.74 Å². The molecule has 0 radical (unpaired) electrons. The van der Waals surface area contributed by atoms with Crippen LogP contribution in [-0.4, -0.2) is 34.4 Å². The maximum atomic E-state index is 5.72. The van der Waals surface area contributed by atoms with Crippen molar-refractivity contribution in [3.05, 3.63) is 0 Å². The lowest BCUT2D eigenvalue weighted by molar-refractivity contribution is -0.0221. The van der Waals surface area contributed by atoms with Crippen LogP contribution >= 0.6 is 24.0 Å². The summed E-state index contributed by atoms with van der Waals surface area (Å²) in [5.74, 6) is 1.12. The summed E-state index contributed by atoms with van der Waals surface area (Å²) in [6, 6.07) is 0. The Kier molecular flexibility index (Phi) is 5.06. The van der Waals surface area contributed by atoms with Crippen LogP contribution in [0, 0.1) is 0 Å². The smallest absolute Gasteiger partial charge is 0.138 e. The zero-order chi connectivity index (χ0) is 9.68. The lowest BCUT2D eigenvalue weighted by Crippen LogP contribution is -2.37. The van der Waals surface area contributed by atoms with E-state index in [4.69, 9.17) is 17.0 Å². The Bertz CT molecular complexity index is 175. The quantitative estimate of drug-likeness (QED) is 0.658. The highest BCUT2D eigenvalue weighted by Crippen LogP contribution is 2.22. The average molecular weight is 219 g/mol. The molecule has 0 amide bonds. The van der Waals surface area contributed by atoms with Gasteiger partial charge in [0.25, 0.3) is 0 Å². The highest BCUT2D eigenvalue weighted by Gasteiger charge is 2.24. The van der Waals surface area contributed by atoms with E-state index in [0.29, 0.717) is 0 Å². The monoisotopic (exact) mass is 219 g/mol. The van der Waals surface area contributed by atoms with Gasteiger partial charge >= 0.3 is 0 Å². The summed E-state index contributed by atoms with van der Waals surface area (Å²) in [7, 11) is 0. The van der Waals surface area contributed by atoms with Gasteiger partial charge in [-0.2, -0.15) is 0 Å². The van der Waals surface area contributed by atoms with E-state index in [-0.39, 0.29) is 6.23 Å². The van der Waals surface area contributed by atoms with Crippen LogP contribution in [0.3, 0.4) is 0 Å². The van der Waals surface area contributed by atoms with Gasteiger partial charge in [0, 0.05) is 18.9 Å². The normalized spacial score (nSPS) is 19.5. The number of rotatable bonds is 5. The molecule has 2 nitrogen and oxygen atoms in total. The Morgan fingerprint density at radius 2 is 2.38 bits per heavy atom. The molecule has 0 aromatic carbocycles. The van der Waals surface area contributed by atoms with Crippen molar-refractivity contribution < 1.29 is 4.74 Å². The average Bonchev–Trinajstić information content (AvgIpc) is 2.54. The number of hydrogen-bond donors (Lipinski definition) is 0. The Labute approximate surface area is 90.0 Å². The van der Waals surface area contributed by atoms with Crippen LogP contribution in [0.15, 0.2) is 0 Å². The zero-order valence-corrected chi connectivity index (χ0v) is 9.92. The van der Waals surface area contributed by atoms with Crippen molar-refractivity contribution in [2.24, 2.45) is 0 Å². The molecule has 0 aliphatic carbocycles. The molecular formula is C9H17NOS2. The van der Waals surface area contributed by atoms with Gasteiger partial charge in [0.05, 0.1) is 0 Å². The largest absolute Gasteiger partial charge is 0.358 e. The van der Waals surface area contributed by atoms with Gasteiger partial charge in [-0.15, -0.1) is 0 Å². The second-order valence-corrected chi connectivity index (χ2v) is 4.77. The van der Waals surface area contributed by atoms with Crippen molar-refractivity contribution in [2.75, 3.05) is 18.9 Å². The van der Waals surface area contributed by atoms with Gasteiger partial charge in [-0.05, 0) is 12.8 Å². The lowest BCUT2D eigenvalue weighted by atomic mass is 10.4. The van der Waals surface area contributed by atoms with Crippen molar-refractivity contribution in [3.8, 4) is 0 Å². The van der Waals surface area contributed by atoms with Crippen molar-refractivity contribution in [3.63, 3.8) is 0 Å². The molecule has 0 bridgehead atoms. The fourth-order valence-corrected chi connectivity index (χ4v) is 2.65. The van der Waals surface area contributed by atoms with Gasteiger partial charge in [0.15, 0.2) is 0 Å². The molecular weight excluding hydrogens is 202 g/mol. The molecule has 1 heterocycles. The predicted octanol–water partition coefficient (Wildman–Crippen LogP) is 2.48. The first-order chi connectivity index (χ1) is 6.29. The number of thioether (sulfide) groups is 1. The molecule has 4 heteroatoms. The molecule has 1 aliphatic rings. The number of ether oxygens (including phenoxy) is 1. The molecule has 76 valence electrons. The second kappa shape index (κ2) is 5.83. The van der Waals surface area contributed by atoms with Crippen molar-refractivity contribution in [1.29, 1.82) is 0 Å².